The molecule has 3 nitrogen and oxygen atoms in total. The number of hydrogen-bond acceptors (Lipinski definition) is 4. The van der Waals surface area contributed by atoms with E-state index >= 15 is 0 Å². The minimum absolute atomic E-state index is 0.394. The van der Waals surface area contributed by atoms with E-state index in [0.29, 0.717) is 35.4 Å². The Labute approximate surface area is 205 Å². The fraction of sp³-hybridized carbons (Fsp3) is 0.0769. The fourth-order valence-corrected chi connectivity index (χ4v) is 4.85. The Hall–Kier alpha value is -2.60. The Morgan fingerprint density at radius 2 is 1.34 bits per heavy atom. The van der Waals surface area contributed by atoms with Crippen LogP contribution in [-0.2, 0) is 13.2 Å². The first-order valence-corrected chi connectivity index (χ1v) is 12.0. The van der Waals surface area contributed by atoms with Crippen molar-refractivity contribution in [2.75, 3.05) is 5.73 Å². The Morgan fingerprint density at radius 1 is 0.750 bits per heavy atom. The van der Waals surface area contributed by atoms with Gasteiger partial charge >= 0.3 is 0 Å². The van der Waals surface area contributed by atoms with Crippen molar-refractivity contribution >= 4 is 45.0 Å². The van der Waals surface area contributed by atoms with E-state index in [0.717, 1.165) is 25.4 Å². The van der Waals surface area contributed by atoms with Gasteiger partial charge in [0.1, 0.15) is 13.2 Å². The van der Waals surface area contributed by atoms with Gasteiger partial charge in [-0.05, 0) is 57.4 Å². The molecule has 6 heteroatoms. The highest BCUT2D eigenvalue weighted by Crippen LogP contribution is 2.45. The maximum Gasteiger partial charge on any atom is 0.185 e. The lowest BCUT2D eigenvalue weighted by molar-refractivity contribution is 0.256. The van der Waals surface area contributed by atoms with Crippen LogP contribution in [0.25, 0.3) is 0 Å². The molecule has 0 atom stereocenters. The molecule has 4 aromatic rings. The van der Waals surface area contributed by atoms with Gasteiger partial charge in [-0.2, -0.15) is 0 Å². The average Bonchev–Trinajstić information content (AvgIpc) is 2.81. The molecule has 0 radical (unpaired) electrons. The third-order valence-electron chi connectivity index (χ3n) is 4.70. The predicted octanol–water partition coefficient (Wildman–Crippen LogP) is 7.99. The SMILES string of the molecule is Nc1c(Sc2ccc(Cl)cc2Br)ccc(OCc2ccccc2)c1OCc1ccccc1. The molecular formula is C26H21BrClNO2S. The molecule has 0 spiro atoms. The number of halogens is 2. The Balaban J connectivity index is 1.61. The highest BCUT2D eigenvalue weighted by Gasteiger charge is 2.16. The molecule has 162 valence electrons. The topological polar surface area (TPSA) is 44.5 Å². The number of benzene rings is 4. The van der Waals surface area contributed by atoms with Crippen molar-refractivity contribution < 1.29 is 9.47 Å². The molecule has 0 heterocycles. The lowest BCUT2D eigenvalue weighted by atomic mass is 10.2. The molecular weight excluding hydrogens is 506 g/mol. The second kappa shape index (κ2) is 10.8. The largest absolute Gasteiger partial charge is 0.485 e. The van der Waals surface area contributed by atoms with E-state index in [9.17, 15) is 0 Å². The van der Waals surface area contributed by atoms with Gasteiger partial charge in [0, 0.05) is 19.3 Å². The quantitative estimate of drug-likeness (QED) is 0.236. The van der Waals surface area contributed by atoms with E-state index in [1.165, 1.54) is 0 Å². The molecule has 0 fully saturated rings. The lowest BCUT2D eigenvalue weighted by Gasteiger charge is -2.18. The van der Waals surface area contributed by atoms with Crippen LogP contribution in [0.1, 0.15) is 11.1 Å². The number of rotatable bonds is 8. The van der Waals surface area contributed by atoms with Crippen LogP contribution in [-0.4, -0.2) is 0 Å². The first-order valence-electron chi connectivity index (χ1n) is 9.99. The number of ether oxygens (including phenoxy) is 2. The molecule has 32 heavy (non-hydrogen) atoms. The van der Waals surface area contributed by atoms with Crippen LogP contribution in [0.15, 0.2) is 105 Å². The van der Waals surface area contributed by atoms with E-state index in [1.807, 2.05) is 91.0 Å². The summed E-state index contributed by atoms with van der Waals surface area (Å²) in [7, 11) is 0. The number of nitrogens with two attached hydrogens (primary N) is 1. The van der Waals surface area contributed by atoms with Crippen LogP contribution in [0.3, 0.4) is 0 Å². The van der Waals surface area contributed by atoms with Gasteiger partial charge in [-0.1, -0.05) is 84.0 Å². The monoisotopic (exact) mass is 525 g/mol. The molecule has 0 aromatic heterocycles. The molecule has 0 saturated heterocycles. The van der Waals surface area contributed by atoms with Gasteiger partial charge in [0.25, 0.3) is 0 Å². The summed E-state index contributed by atoms with van der Waals surface area (Å²) >= 11 is 11.2. The van der Waals surface area contributed by atoms with E-state index in [4.69, 9.17) is 26.8 Å². The molecule has 0 aliphatic carbocycles. The molecule has 0 saturated carbocycles. The third-order valence-corrected chi connectivity index (χ3v) is 7.00. The second-order valence-electron chi connectivity index (χ2n) is 7.03. The first-order chi connectivity index (χ1) is 15.6. The van der Waals surface area contributed by atoms with Crippen LogP contribution in [0.2, 0.25) is 5.02 Å². The molecule has 0 aliphatic rings. The van der Waals surface area contributed by atoms with Crippen molar-refractivity contribution in [1.82, 2.24) is 0 Å². The third kappa shape index (κ3) is 5.80. The van der Waals surface area contributed by atoms with Gasteiger partial charge < -0.3 is 15.2 Å². The minimum atomic E-state index is 0.394. The summed E-state index contributed by atoms with van der Waals surface area (Å²) in [6, 6.07) is 29.5. The number of hydrogen-bond donors (Lipinski definition) is 1. The zero-order chi connectivity index (χ0) is 22.3. The van der Waals surface area contributed by atoms with E-state index < -0.39 is 0 Å². The Bertz CT molecular complexity index is 1190. The van der Waals surface area contributed by atoms with Gasteiger partial charge in [-0.3, -0.25) is 0 Å². The van der Waals surface area contributed by atoms with Crippen molar-refractivity contribution in [2.45, 2.75) is 23.0 Å². The zero-order valence-corrected chi connectivity index (χ0v) is 20.3. The summed E-state index contributed by atoms with van der Waals surface area (Å²) < 4.78 is 13.2. The molecule has 0 amide bonds. The molecule has 4 rings (SSSR count). The van der Waals surface area contributed by atoms with Crippen molar-refractivity contribution in [3.63, 3.8) is 0 Å². The van der Waals surface area contributed by atoms with Crippen LogP contribution < -0.4 is 15.2 Å². The molecule has 0 aliphatic heterocycles. The van der Waals surface area contributed by atoms with Gasteiger partial charge in [-0.15, -0.1) is 0 Å². The van der Waals surface area contributed by atoms with Gasteiger partial charge in [0.15, 0.2) is 11.5 Å². The van der Waals surface area contributed by atoms with E-state index in [2.05, 4.69) is 15.9 Å². The van der Waals surface area contributed by atoms with Crippen LogP contribution in [0, 0.1) is 0 Å². The summed E-state index contributed by atoms with van der Waals surface area (Å²) in [5.41, 5.74) is 9.25. The molecule has 0 bridgehead atoms. The van der Waals surface area contributed by atoms with Crippen molar-refractivity contribution in [3.8, 4) is 11.5 Å². The van der Waals surface area contributed by atoms with Crippen molar-refractivity contribution in [2.24, 2.45) is 0 Å². The molecule has 4 aromatic carbocycles. The molecule has 0 unspecified atom stereocenters. The number of anilines is 1. The zero-order valence-electron chi connectivity index (χ0n) is 17.1. The van der Waals surface area contributed by atoms with Crippen molar-refractivity contribution in [1.29, 1.82) is 0 Å². The Kier molecular flexibility index (Phi) is 7.63. The van der Waals surface area contributed by atoms with Crippen LogP contribution in [0.4, 0.5) is 5.69 Å². The fourth-order valence-electron chi connectivity index (χ4n) is 3.05. The van der Waals surface area contributed by atoms with E-state index in [-0.39, 0.29) is 0 Å². The smallest absolute Gasteiger partial charge is 0.185 e. The van der Waals surface area contributed by atoms with Gasteiger partial charge in [0.05, 0.1) is 5.69 Å². The summed E-state index contributed by atoms with van der Waals surface area (Å²) in [6.07, 6.45) is 0. The first kappa shape index (κ1) is 22.6. The maximum atomic E-state index is 6.58. The van der Waals surface area contributed by atoms with Gasteiger partial charge in [0.2, 0.25) is 0 Å². The summed E-state index contributed by atoms with van der Waals surface area (Å²) in [5, 5.41) is 0.672. The van der Waals surface area contributed by atoms with E-state index in [1.54, 1.807) is 11.8 Å². The molecule has 2 N–H and O–H groups in total. The average molecular weight is 527 g/mol. The Morgan fingerprint density at radius 3 is 1.97 bits per heavy atom. The standard InChI is InChI=1S/C26H21BrClNO2S/c27-21-15-20(28)11-13-23(21)32-24-14-12-22(30-16-18-7-3-1-4-8-18)26(25(24)29)31-17-19-9-5-2-6-10-19/h1-15H,16-17,29H2. The summed E-state index contributed by atoms with van der Waals surface area (Å²) in [5.74, 6) is 1.15. The lowest BCUT2D eigenvalue weighted by Crippen LogP contribution is -2.04. The van der Waals surface area contributed by atoms with Crippen LogP contribution >= 0.6 is 39.3 Å². The summed E-state index contributed by atoms with van der Waals surface area (Å²) in [6.45, 7) is 0.822. The van der Waals surface area contributed by atoms with Crippen LogP contribution in [0.5, 0.6) is 11.5 Å². The number of nitrogen functional groups attached to an aromatic ring is 1. The highest BCUT2D eigenvalue weighted by atomic mass is 79.9. The normalized spacial score (nSPS) is 10.7. The summed E-state index contributed by atoms with van der Waals surface area (Å²) in [4.78, 5) is 1.89. The van der Waals surface area contributed by atoms with Crippen molar-refractivity contribution in [3.05, 3.63) is 112 Å². The second-order valence-corrected chi connectivity index (χ2v) is 9.40. The highest BCUT2D eigenvalue weighted by molar-refractivity contribution is 9.10. The van der Waals surface area contributed by atoms with Gasteiger partial charge in [-0.25, -0.2) is 0 Å². The minimum Gasteiger partial charge on any atom is -0.485 e. The maximum absolute atomic E-state index is 6.58. The predicted molar refractivity (Wildman–Crippen MR) is 136 cm³/mol.